The van der Waals surface area contributed by atoms with E-state index in [1.807, 2.05) is 30.3 Å². The fraction of sp³-hybridized carbons (Fsp3) is 0.444. The van der Waals surface area contributed by atoms with E-state index >= 15 is 0 Å². The smallest absolute Gasteiger partial charge is 0.280 e. The molecule has 2 aromatic rings. The largest absolute Gasteiger partial charge is 0.346 e. The molecule has 138 valence electrons. The summed E-state index contributed by atoms with van der Waals surface area (Å²) in [5.74, 6) is -0.172. The molecule has 6 nitrogen and oxygen atoms in total. The van der Waals surface area contributed by atoms with Crippen LogP contribution in [0.15, 0.2) is 30.3 Å². The molecular weight excluding hydrogens is 370 g/mol. The number of thiazole rings is 1. The Hall–Kier alpha value is -1.77. The summed E-state index contributed by atoms with van der Waals surface area (Å²) < 4.78 is 26.4. The summed E-state index contributed by atoms with van der Waals surface area (Å²) in [5, 5.41) is 3.19. The maximum atomic E-state index is 12.4. The highest BCUT2D eigenvalue weighted by molar-refractivity contribution is 7.90. The highest BCUT2D eigenvalue weighted by atomic mass is 32.2. The topological polar surface area (TPSA) is 79.4 Å². The average Bonchev–Trinajstić information content (AvgIpc) is 3.45. The second-order valence-corrected chi connectivity index (χ2v) is 10.00. The number of amides is 1. The van der Waals surface area contributed by atoms with Crippen LogP contribution in [0.4, 0.5) is 0 Å². The van der Waals surface area contributed by atoms with Crippen LogP contribution in [0, 0.1) is 0 Å². The van der Waals surface area contributed by atoms with Crippen molar-refractivity contribution in [3.05, 3.63) is 51.5 Å². The molecule has 2 aliphatic rings. The van der Waals surface area contributed by atoms with Gasteiger partial charge in [-0.3, -0.25) is 4.79 Å². The van der Waals surface area contributed by atoms with Gasteiger partial charge < -0.3 is 5.32 Å². The van der Waals surface area contributed by atoms with Gasteiger partial charge in [-0.1, -0.05) is 30.3 Å². The Morgan fingerprint density at radius 3 is 2.65 bits per heavy atom. The maximum absolute atomic E-state index is 12.4. The molecule has 26 heavy (non-hydrogen) atoms. The monoisotopic (exact) mass is 391 g/mol. The third-order valence-corrected chi connectivity index (χ3v) is 8.32. The number of nitrogens with zero attached hydrogens (tertiary/aromatic N) is 2. The molecule has 2 heterocycles. The quantitative estimate of drug-likeness (QED) is 0.845. The van der Waals surface area contributed by atoms with Gasteiger partial charge in [-0.2, -0.15) is 0 Å². The van der Waals surface area contributed by atoms with Gasteiger partial charge in [-0.05, 0) is 24.8 Å². The van der Waals surface area contributed by atoms with Gasteiger partial charge in [-0.15, -0.1) is 11.3 Å². The maximum Gasteiger partial charge on any atom is 0.280 e. The van der Waals surface area contributed by atoms with Crippen molar-refractivity contribution in [3.8, 4) is 0 Å². The number of carbonyl (C=O) groups excluding carboxylic acids is 1. The van der Waals surface area contributed by atoms with E-state index in [0.29, 0.717) is 37.5 Å². The molecule has 1 amide bonds. The van der Waals surface area contributed by atoms with Crippen LogP contribution >= 0.6 is 11.3 Å². The van der Waals surface area contributed by atoms with Crippen molar-refractivity contribution in [3.63, 3.8) is 0 Å². The lowest BCUT2D eigenvalue weighted by molar-refractivity contribution is 0.0950. The SMILES string of the molecule is O=C(NCc1ccccc1)c1nc2c(s1)CCN(S(=O)(=O)C1CC1)CC2. The number of fused-ring (bicyclic) bond motifs is 1. The van der Waals surface area contributed by atoms with Crippen LogP contribution in [0.3, 0.4) is 0 Å². The Morgan fingerprint density at radius 2 is 1.92 bits per heavy atom. The molecule has 8 heteroatoms. The van der Waals surface area contributed by atoms with Gasteiger partial charge in [0.15, 0.2) is 5.01 Å². The van der Waals surface area contributed by atoms with Gasteiger partial charge >= 0.3 is 0 Å². The van der Waals surface area contributed by atoms with Crippen molar-refractivity contribution < 1.29 is 13.2 Å². The molecule has 1 saturated carbocycles. The molecule has 1 N–H and O–H groups in total. The Labute approximate surface area is 157 Å². The van der Waals surface area contributed by atoms with Crippen LogP contribution in [0.25, 0.3) is 0 Å². The summed E-state index contributed by atoms with van der Waals surface area (Å²) in [6, 6.07) is 9.75. The lowest BCUT2D eigenvalue weighted by Crippen LogP contribution is -2.35. The summed E-state index contributed by atoms with van der Waals surface area (Å²) in [6.07, 6.45) is 2.77. The van der Waals surface area contributed by atoms with E-state index in [1.165, 1.54) is 11.3 Å². The number of sulfonamides is 1. The van der Waals surface area contributed by atoms with E-state index in [0.717, 1.165) is 29.0 Å². The zero-order valence-electron chi connectivity index (χ0n) is 14.3. The Morgan fingerprint density at radius 1 is 1.19 bits per heavy atom. The number of hydrogen-bond acceptors (Lipinski definition) is 5. The number of rotatable bonds is 5. The molecule has 4 rings (SSSR count). The predicted molar refractivity (Wildman–Crippen MR) is 101 cm³/mol. The molecule has 0 bridgehead atoms. The van der Waals surface area contributed by atoms with Crippen molar-refractivity contribution >= 4 is 27.3 Å². The van der Waals surface area contributed by atoms with E-state index in [9.17, 15) is 13.2 Å². The van der Waals surface area contributed by atoms with Crippen LogP contribution in [0.5, 0.6) is 0 Å². The van der Waals surface area contributed by atoms with Crippen LogP contribution in [-0.2, 0) is 29.4 Å². The van der Waals surface area contributed by atoms with Crippen LogP contribution in [-0.4, -0.2) is 42.0 Å². The highest BCUT2D eigenvalue weighted by Gasteiger charge is 2.40. The van der Waals surface area contributed by atoms with Gasteiger partial charge in [0.05, 0.1) is 10.9 Å². The summed E-state index contributed by atoms with van der Waals surface area (Å²) in [4.78, 5) is 17.9. The fourth-order valence-corrected chi connectivity index (χ4v) is 5.98. The number of aromatic nitrogens is 1. The van der Waals surface area contributed by atoms with Gasteiger partial charge in [0.2, 0.25) is 10.0 Å². The van der Waals surface area contributed by atoms with Crippen LogP contribution in [0.2, 0.25) is 0 Å². The molecule has 1 aromatic heterocycles. The minimum absolute atomic E-state index is 0.172. The first-order valence-electron chi connectivity index (χ1n) is 8.84. The number of hydrogen-bond donors (Lipinski definition) is 1. The number of nitrogens with one attached hydrogen (secondary N) is 1. The number of benzene rings is 1. The fourth-order valence-electron chi connectivity index (χ4n) is 3.12. The zero-order valence-corrected chi connectivity index (χ0v) is 16.0. The molecule has 0 atom stereocenters. The molecule has 1 aliphatic carbocycles. The van der Waals surface area contributed by atoms with Crippen molar-refractivity contribution in [2.24, 2.45) is 0 Å². The molecular formula is C18H21N3O3S2. The minimum Gasteiger partial charge on any atom is -0.346 e. The van der Waals surface area contributed by atoms with E-state index in [4.69, 9.17) is 0 Å². The molecule has 0 radical (unpaired) electrons. The lowest BCUT2D eigenvalue weighted by atomic mass is 10.2. The second kappa shape index (κ2) is 7.09. The predicted octanol–water partition coefficient (Wildman–Crippen LogP) is 1.97. The van der Waals surface area contributed by atoms with E-state index in [2.05, 4.69) is 10.3 Å². The van der Waals surface area contributed by atoms with Crippen molar-refractivity contribution in [1.29, 1.82) is 0 Å². The Kier molecular flexibility index (Phi) is 4.81. The first-order chi connectivity index (χ1) is 12.5. The average molecular weight is 392 g/mol. The van der Waals surface area contributed by atoms with Gasteiger partial charge in [0, 0.05) is 30.9 Å². The highest BCUT2D eigenvalue weighted by Crippen LogP contribution is 2.32. The summed E-state index contributed by atoms with van der Waals surface area (Å²) >= 11 is 1.38. The van der Waals surface area contributed by atoms with Gasteiger partial charge in [0.1, 0.15) is 0 Å². The van der Waals surface area contributed by atoms with Crippen molar-refractivity contribution in [2.75, 3.05) is 13.1 Å². The summed E-state index contributed by atoms with van der Waals surface area (Å²) in [6.45, 7) is 1.41. The summed E-state index contributed by atoms with van der Waals surface area (Å²) in [7, 11) is -3.14. The molecule has 0 saturated heterocycles. The molecule has 1 aliphatic heterocycles. The van der Waals surface area contributed by atoms with Crippen molar-refractivity contribution in [1.82, 2.24) is 14.6 Å². The lowest BCUT2D eigenvalue weighted by Gasteiger charge is -2.19. The first-order valence-corrected chi connectivity index (χ1v) is 11.2. The Bertz CT molecular complexity index is 880. The molecule has 0 unspecified atom stereocenters. The Balaban J connectivity index is 1.40. The molecule has 0 spiro atoms. The summed E-state index contributed by atoms with van der Waals surface area (Å²) in [5.41, 5.74) is 1.91. The van der Waals surface area contributed by atoms with Crippen molar-refractivity contribution in [2.45, 2.75) is 37.5 Å². The number of carbonyl (C=O) groups is 1. The second-order valence-electron chi connectivity index (χ2n) is 6.70. The zero-order chi connectivity index (χ0) is 18.1. The van der Waals surface area contributed by atoms with E-state index < -0.39 is 10.0 Å². The minimum atomic E-state index is -3.14. The van der Waals surface area contributed by atoms with Gasteiger partial charge in [-0.25, -0.2) is 17.7 Å². The molecule has 1 aromatic carbocycles. The first kappa shape index (κ1) is 17.6. The standard InChI is InChI=1S/C18H21N3O3S2/c22-17(19-12-13-4-2-1-3-5-13)18-20-15-8-10-21(11-9-16(15)25-18)26(23,24)14-6-7-14/h1-5,14H,6-12H2,(H,19,22). The van der Waals surface area contributed by atoms with Crippen LogP contribution < -0.4 is 5.32 Å². The van der Waals surface area contributed by atoms with Crippen LogP contribution in [0.1, 0.15) is 38.8 Å². The van der Waals surface area contributed by atoms with Gasteiger partial charge in [0.25, 0.3) is 5.91 Å². The van der Waals surface area contributed by atoms with E-state index in [1.54, 1.807) is 4.31 Å². The third-order valence-electron chi connectivity index (χ3n) is 4.76. The normalized spacial score (nSPS) is 18.2. The third kappa shape index (κ3) is 3.67. The molecule has 1 fully saturated rings. The van der Waals surface area contributed by atoms with E-state index in [-0.39, 0.29) is 11.2 Å².